The number of primary amides is 1. The number of benzene rings is 1. The topological polar surface area (TPSA) is 159 Å². The number of nitrogens with one attached hydrogen (secondary N) is 2. The number of alkyl halides is 3. The number of hydrogen-bond acceptors (Lipinski definition) is 6. The van der Waals surface area contributed by atoms with Crippen molar-refractivity contribution in [3.63, 3.8) is 0 Å². The molecule has 0 heterocycles. The van der Waals surface area contributed by atoms with E-state index in [0.29, 0.717) is 12.1 Å². The van der Waals surface area contributed by atoms with Crippen LogP contribution in [0.25, 0.3) is 0 Å². The second-order valence-electron chi connectivity index (χ2n) is 6.28. The van der Waals surface area contributed by atoms with Gasteiger partial charge in [-0.25, -0.2) is 13.1 Å². The van der Waals surface area contributed by atoms with Crippen molar-refractivity contribution in [1.82, 2.24) is 10.0 Å². The van der Waals surface area contributed by atoms with Crippen molar-refractivity contribution in [2.75, 3.05) is 6.54 Å². The van der Waals surface area contributed by atoms with Gasteiger partial charge in [-0.05, 0) is 18.2 Å². The van der Waals surface area contributed by atoms with Gasteiger partial charge in [0.15, 0.2) is 0 Å². The maximum Gasteiger partial charge on any atom is 0.416 e. The first-order valence-corrected chi connectivity index (χ1v) is 9.62. The minimum atomic E-state index is -4.77. The zero-order chi connectivity index (χ0) is 22.0. The summed E-state index contributed by atoms with van der Waals surface area (Å²) in [4.78, 5) is 22.0. The van der Waals surface area contributed by atoms with E-state index in [1.165, 1.54) is 0 Å². The van der Waals surface area contributed by atoms with Crippen molar-refractivity contribution in [2.45, 2.75) is 35.7 Å². The summed E-state index contributed by atoms with van der Waals surface area (Å²) in [6.07, 6.45) is -7.30. The van der Waals surface area contributed by atoms with Gasteiger partial charge >= 0.3 is 6.18 Å². The van der Waals surface area contributed by atoms with Gasteiger partial charge in [0.1, 0.15) is 6.10 Å². The molecule has 1 aromatic carbocycles. The molecule has 1 aliphatic rings. The molecule has 29 heavy (non-hydrogen) atoms. The monoisotopic (exact) mass is 437 g/mol. The lowest BCUT2D eigenvalue weighted by molar-refractivity contribution is -0.137. The largest absolute Gasteiger partial charge is 0.416 e. The molecule has 0 saturated heterocycles. The minimum Gasteiger partial charge on any atom is -0.390 e. The summed E-state index contributed by atoms with van der Waals surface area (Å²) in [7, 11) is -4.55. The van der Waals surface area contributed by atoms with Crippen LogP contribution in [0.3, 0.4) is 0 Å². The number of amides is 2. The number of rotatable bonds is 6. The number of sulfonamides is 1. The summed E-state index contributed by atoms with van der Waals surface area (Å²) in [6, 6.07) is 1.43. The molecule has 0 aliphatic heterocycles. The molecule has 13 heteroatoms. The van der Waals surface area contributed by atoms with Crippen molar-refractivity contribution in [2.24, 2.45) is 5.73 Å². The fourth-order valence-corrected chi connectivity index (χ4v) is 3.85. The Bertz CT molecular complexity index is 932. The maximum absolute atomic E-state index is 12.8. The smallest absolute Gasteiger partial charge is 0.390 e. The van der Waals surface area contributed by atoms with E-state index in [4.69, 9.17) is 5.73 Å². The Hall–Kier alpha value is -2.48. The van der Waals surface area contributed by atoms with Gasteiger partial charge in [-0.2, -0.15) is 13.2 Å². The first kappa shape index (κ1) is 22.8. The Morgan fingerprint density at radius 1 is 1.24 bits per heavy atom. The molecule has 160 valence electrons. The summed E-state index contributed by atoms with van der Waals surface area (Å²) in [5.74, 6) is -1.66. The first-order chi connectivity index (χ1) is 13.3. The lowest BCUT2D eigenvalue weighted by Crippen LogP contribution is -2.51. The highest BCUT2D eigenvalue weighted by Gasteiger charge is 2.36. The van der Waals surface area contributed by atoms with Crippen LogP contribution in [0.5, 0.6) is 0 Å². The lowest BCUT2D eigenvalue weighted by atomic mass is 9.90. The normalized spacial score (nSPS) is 22.7. The molecule has 9 nitrogen and oxygen atoms in total. The van der Waals surface area contributed by atoms with Gasteiger partial charge in [0.2, 0.25) is 21.8 Å². The fourth-order valence-electron chi connectivity index (χ4n) is 2.61. The second kappa shape index (κ2) is 8.49. The molecule has 2 amide bonds. The van der Waals surface area contributed by atoms with Crippen LogP contribution >= 0.6 is 0 Å². The summed E-state index contributed by atoms with van der Waals surface area (Å²) in [5.41, 5.74) is 3.58. The maximum atomic E-state index is 12.8. The van der Waals surface area contributed by atoms with E-state index in [0.717, 1.165) is 18.2 Å². The molecule has 0 saturated carbocycles. The van der Waals surface area contributed by atoms with E-state index < -0.39 is 63.3 Å². The van der Waals surface area contributed by atoms with Crippen molar-refractivity contribution < 1.29 is 41.4 Å². The molecule has 0 fully saturated rings. The predicted octanol–water partition coefficient (Wildman–Crippen LogP) is -0.994. The second-order valence-corrected chi connectivity index (χ2v) is 7.99. The lowest BCUT2D eigenvalue weighted by Gasteiger charge is -2.30. The third-order valence-corrected chi connectivity index (χ3v) is 5.51. The van der Waals surface area contributed by atoms with Gasteiger partial charge in [0, 0.05) is 12.0 Å². The van der Waals surface area contributed by atoms with Gasteiger partial charge in [-0.1, -0.05) is 12.1 Å². The number of hydrogen-bond donors (Lipinski definition) is 5. The molecule has 0 spiro atoms. The predicted molar refractivity (Wildman–Crippen MR) is 92.5 cm³/mol. The molecular formula is C16H18F3N3O6S. The van der Waals surface area contributed by atoms with E-state index in [-0.39, 0.29) is 12.0 Å². The first-order valence-electron chi connectivity index (χ1n) is 8.14. The average Bonchev–Trinajstić information content (AvgIpc) is 2.62. The Morgan fingerprint density at radius 3 is 2.48 bits per heavy atom. The Kier molecular flexibility index (Phi) is 6.67. The van der Waals surface area contributed by atoms with Crippen molar-refractivity contribution >= 4 is 21.8 Å². The zero-order valence-electron chi connectivity index (χ0n) is 14.7. The number of aliphatic hydroxyl groups is 2. The van der Waals surface area contributed by atoms with E-state index >= 15 is 0 Å². The van der Waals surface area contributed by atoms with Gasteiger partial charge in [0.25, 0.3) is 0 Å². The summed E-state index contributed by atoms with van der Waals surface area (Å²) >= 11 is 0. The van der Waals surface area contributed by atoms with Crippen LogP contribution in [0.4, 0.5) is 13.2 Å². The molecular weight excluding hydrogens is 419 g/mol. The molecule has 6 N–H and O–H groups in total. The van der Waals surface area contributed by atoms with Gasteiger partial charge in [-0.3, -0.25) is 9.59 Å². The third kappa shape index (κ3) is 5.76. The Balaban J connectivity index is 2.28. The molecule has 1 aromatic rings. The van der Waals surface area contributed by atoms with Crippen LogP contribution in [0.2, 0.25) is 0 Å². The molecule has 3 atom stereocenters. The quantitative estimate of drug-likeness (QED) is 0.384. The SMILES string of the molecule is NC(=O)CNC(=O)C1=C[C@H](NS(=O)(=O)c2cccc(C(F)(F)F)c2)[C@@H](O)[C@H](O)C1. The molecule has 0 unspecified atom stereocenters. The molecule has 0 aromatic heterocycles. The van der Waals surface area contributed by atoms with E-state index in [1.54, 1.807) is 0 Å². The Morgan fingerprint density at radius 2 is 1.90 bits per heavy atom. The van der Waals surface area contributed by atoms with Crippen LogP contribution in [0.15, 0.2) is 40.8 Å². The number of carbonyl (C=O) groups excluding carboxylic acids is 2. The zero-order valence-corrected chi connectivity index (χ0v) is 15.5. The van der Waals surface area contributed by atoms with Crippen LogP contribution < -0.4 is 15.8 Å². The number of carbonyl (C=O) groups is 2. The number of nitrogens with two attached hydrogens (primary N) is 1. The van der Waals surface area contributed by atoms with Crippen LogP contribution in [-0.2, 0) is 25.8 Å². The highest BCUT2D eigenvalue weighted by Crippen LogP contribution is 2.30. The molecule has 0 radical (unpaired) electrons. The minimum absolute atomic E-state index is 0.138. The highest BCUT2D eigenvalue weighted by atomic mass is 32.2. The van der Waals surface area contributed by atoms with E-state index in [2.05, 4.69) is 5.32 Å². The van der Waals surface area contributed by atoms with Crippen molar-refractivity contribution in [3.8, 4) is 0 Å². The van der Waals surface area contributed by atoms with Crippen LogP contribution in [0.1, 0.15) is 12.0 Å². The average molecular weight is 437 g/mol. The van der Waals surface area contributed by atoms with Gasteiger partial charge in [-0.15, -0.1) is 0 Å². The molecule has 2 rings (SSSR count). The van der Waals surface area contributed by atoms with Gasteiger partial charge < -0.3 is 21.3 Å². The van der Waals surface area contributed by atoms with Crippen LogP contribution in [0, 0.1) is 0 Å². The molecule has 0 bridgehead atoms. The standard InChI is InChI=1S/C16H18F3N3O6S/c17-16(18,19)9-2-1-3-10(6-9)29(27,28)22-11-4-8(5-12(23)14(11)25)15(26)21-7-13(20)24/h1-4,6,11-12,14,22-23,25H,5,7H2,(H2,20,24)(H,21,26)/t11-,12+,14+/m0/s1. The fraction of sp³-hybridized carbons (Fsp3) is 0.375. The summed E-state index contributed by atoms with van der Waals surface area (Å²) < 4.78 is 65.4. The van der Waals surface area contributed by atoms with Crippen LogP contribution in [-0.4, -0.2) is 55.2 Å². The van der Waals surface area contributed by atoms with E-state index in [9.17, 15) is 41.4 Å². The summed E-state index contributed by atoms with van der Waals surface area (Å²) in [5, 5.41) is 22.1. The van der Waals surface area contributed by atoms with Crippen molar-refractivity contribution in [3.05, 3.63) is 41.5 Å². The molecule has 1 aliphatic carbocycles. The summed E-state index contributed by atoms with van der Waals surface area (Å²) in [6.45, 7) is -0.505. The van der Waals surface area contributed by atoms with Crippen molar-refractivity contribution in [1.29, 1.82) is 0 Å². The van der Waals surface area contributed by atoms with E-state index in [1.807, 2.05) is 4.72 Å². The Labute approximate surface area is 163 Å². The third-order valence-electron chi connectivity index (χ3n) is 4.05. The number of aliphatic hydroxyl groups excluding tert-OH is 2. The highest BCUT2D eigenvalue weighted by molar-refractivity contribution is 7.89. The number of halogens is 3. The van der Waals surface area contributed by atoms with Gasteiger partial charge in [0.05, 0.1) is 29.1 Å².